The van der Waals surface area contributed by atoms with E-state index >= 15 is 0 Å². The van der Waals surface area contributed by atoms with Gasteiger partial charge < -0.3 is 9.47 Å². The summed E-state index contributed by atoms with van der Waals surface area (Å²) >= 11 is 0. The molecule has 21 heavy (non-hydrogen) atoms. The van der Waals surface area contributed by atoms with Crippen molar-refractivity contribution < 1.29 is 18.3 Å². The summed E-state index contributed by atoms with van der Waals surface area (Å²) in [6, 6.07) is 4.10. The first kappa shape index (κ1) is 14.9. The van der Waals surface area contributed by atoms with Crippen LogP contribution in [0.4, 0.5) is 8.78 Å². The lowest BCUT2D eigenvalue weighted by atomic mass is 9.89. The third-order valence-electron chi connectivity index (χ3n) is 4.51. The van der Waals surface area contributed by atoms with E-state index in [1.54, 1.807) is 0 Å². The van der Waals surface area contributed by atoms with Crippen LogP contribution < -0.4 is 0 Å². The maximum atomic E-state index is 13.2. The lowest BCUT2D eigenvalue weighted by Crippen LogP contribution is -2.42. The van der Waals surface area contributed by atoms with Crippen LogP contribution in [-0.4, -0.2) is 37.0 Å². The molecule has 0 unspecified atom stereocenters. The largest absolute Gasteiger partial charge is 0.348 e. The van der Waals surface area contributed by atoms with Gasteiger partial charge in [-0.3, -0.25) is 4.90 Å². The molecular formula is C16H21F2NO2. The third-order valence-corrected chi connectivity index (χ3v) is 4.51. The van der Waals surface area contributed by atoms with E-state index in [1.807, 2.05) is 7.05 Å². The normalized spacial score (nSPS) is 22.3. The van der Waals surface area contributed by atoms with E-state index in [4.69, 9.17) is 9.47 Å². The van der Waals surface area contributed by atoms with Gasteiger partial charge in [0.15, 0.2) is 5.79 Å². The molecule has 1 aromatic carbocycles. The first-order valence-corrected chi connectivity index (χ1v) is 7.49. The van der Waals surface area contributed by atoms with Gasteiger partial charge in [0.25, 0.3) is 0 Å². The van der Waals surface area contributed by atoms with Gasteiger partial charge >= 0.3 is 0 Å². The molecule has 3 nitrogen and oxygen atoms in total. The second-order valence-electron chi connectivity index (χ2n) is 6.03. The first-order valence-electron chi connectivity index (χ1n) is 7.49. The summed E-state index contributed by atoms with van der Waals surface area (Å²) in [4.78, 5) is 2.16. The van der Waals surface area contributed by atoms with Crippen LogP contribution in [0.15, 0.2) is 18.2 Å². The number of ether oxygens (including phenoxy) is 2. The van der Waals surface area contributed by atoms with Crippen molar-refractivity contribution in [2.45, 2.75) is 44.1 Å². The van der Waals surface area contributed by atoms with E-state index in [-0.39, 0.29) is 5.79 Å². The topological polar surface area (TPSA) is 21.7 Å². The molecule has 116 valence electrons. The van der Waals surface area contributed by atoms with Crippen LogP contribution in [-0.2, 0) is 16.0 Å². The van der Waals surface area contributed by atoms with Crippen molar-refractivity contribution in [2.75, 3.05) is 20.3 Å². The molecule has 0 aromatic heterocycles. The summed E-state index contributed by atoms with van der Waals surface area (Å²) in [6.45, 7) is 1.92. The Kier molecular flexibility index (Phi) is 4.24. The van der Waals surface area contributed by atoms with Crippen LogP contribution in [0.2, 0.25) is 0 Å². The quantitative estimate of drug-likeness (QED) is 0.856. The highest BCUT2D eigenvalue weighted by atomic mass is 19.1. The van der Waals surface area contributed by atoms with E-state index in [0.29, 0.717) is 31.4 Å². The zero-order valence-electron chi connectivity index (χ0n) is 12.3. The molecule has 0 bridgehead atoms. The number of hydrogen-bond acceptors (Lipinski definition) is 3. The molecular weight excluding hydrogens is 276 g/mol. The first-order chi connectivity index (χ1) is 10.1. The van der Waals surface area contributed by atoms with Gasteiger partial charge in [-0.05, 0) is 37.6 Å². The molecule has 1 saturated carbocycles. The van der Waals surface area contributed by atoms with Crippen LogP contribution in [0, 0.1) is 11.6 Å². The lowest BCUT2D eigenvalue weighted by Gasteiger charge is -2.39. The molecule has 1 aliphatic heterocycles. The minimum Gasteiger partial charge on any atom is -0.348 e. The molecule has 1 spiro atoms. The van der Waals surface area contributed by atoms with Crippen molar-refractivity contribution in [1.82, 2.24) is 4.90 Å². The van der Waals surface area contributed by atoms with Crippen LogP contribution in [0.3, 0.4) is 0 Å². The number of nitrogens with zero attached hydrogens (tertiary/aromatic N) is 1. The molecule has 1 saturated heterocycles. The Morgan fingerprint density at radius 1 is 1.10 bits per heavy atom. The van der Waals surface area contributed by atoms with Crippen molar-refractivity contribution in [2.24, 2.45) is 0 Å². The predicted molar refractivity (Wildman–Crippen MR) is 74.7 cm³/mol. The van der Waals surface area contributed by atoms with Crippen molar-refractivity contribution in [1.29, 1.82) is 0 Å². The van der Waals surface area contributed by atoms with E-state index in [9.17, 15) is 8.78 Å². The second-order valence-corrected chi connectivity index (χ2v) is 6.03. The Morgan fingerprint density at radius 2 is 1.67 bits per heavy atom. The maximum Gasteiger partial charge on any atom is 0.168 e. The Hall–Kier alpha value is -1.04. The Labute approximate surface area is 123 Å². The molecule has 2 aliphatic rings. The monoisotopic (exact) mass is 297 g/mol. The summed E-state index contributed by atoms with van der Waals surface area (Å²) in [6.07, 6.45) is 3.74. The van der Waals surface area contributed by atoms with Gasteiger partial charge in [-0.25, -0.2) is 8.78 Å². The number of benzene rings is 1. The van der Waals surface area contributed by atoms with Crippen molar-refractivity contribution >= 4 is 0 Å². The number of rotatable bonds is 3. The van der Waals surface area contributed by atoms with Gasteiger partial charge in [0.1, 0.15) is 11.6 Å². The molecule has 1 heterocycles. The number of halogens is 2. The van der Waals surface area contributed by atoms with Gasteiger partial charge in [0, 0.05) is 31.5 Å². The highest BCUT2D eigenvalue weighted by Crippen LogP contribution is 2.37. The van der Waals surface area contributed by atoms with Crippen LogP contribution in [0.1, 0.15) is 31.2 Å². The molecule has 0 amide bonds. The summed E-state index contributed by atoms with van der Waals surface area (Å²) in [5.41, 5.74) is 0.670. The zero-order chi connectivity index (χ0) is 14.9. The molecule has 3 rings (SSSR count). The minimum atomic E-state index is -0.520. The Balaban J connectivity index is 1.57. The van der Waals surface area contributed by atoms with Crippen LogP contribution >= 0.6 is 0 Å². The Bertz CT molecular complexity index is 473. The minimum absolute atomic E-state index is 0.359. The van der Waals surface area contributed by atoms with E-state index in [2.05, 4.69) is 4.90 Å². The molecule has 0 radical (unpaired) electrons. The summed E-state index contributed by atoms with van der Waals surface area (Å²) in [7, 11) is 2.00. The third kappa shape index (κ3) is 3.42. The maximum absolute atomic E-state index is 13.2. The molecule has 1 aromatic rings. The van der Waals surface area contributed by atoms with Gasteiger partial charge in [0.05, 0.1) is 13.2 Å². The van der Waals surface area contributed by atoms with Gasteiger partial charge in [-0.1, -0.05) is 0 Å². The second kappa shape index (κ2) is 5.99. The highest BCUT2D eigenvalue weighted by Gasteiger charge is 2.40. The van der Waals surface area contributed by atoms with Crippen LogP contribution in [0.5, 0.6) is 0 Å². The smallest absolute Gasteiger partial charge is 0.168 e. The molecule has 5 heteroatoms. The van der Waals surface area contributed by atoms with E-state index < -0.39 is 11.6 Å². The fourth-order valence-electron chi connectivity index (χ4n) is 3.39. The van der Waals surface area contributed by atoms with E-state index in [1.165, 1.54) is 12.1 Å². The lowest BCUT2D eigenvalue weighted by molar-refractivity contribution is -0.183. The highest BCUT2D eigenvalue weighted by molar-refractivity contribution is 5.17. The molecule has 0 atom stereocenters. The zero-order valence-corrected chi connectivity index (χ0v) is 12.3. The fraction of sp³-hybridized carbons (Fsp3) is 0.625. The Morgan fingerprint density at radius 3 is 2.24 bits per heavy atom. The average molecular weight is 297 g/mol. The van der Waals surface area contributed by atoms with Crippen LogP contribution in [0.25, 0.3) is 0 Å². The fourth-order valence-corrected chi connectivity index (χ4v) is 3.39. The van der Waals surface area contributed by atoms with Gasteiger partial charge in [0.2, 0.25) is 0 Å². The average Bonchev–Trinajstić information content (AvgIpc) is 2.86. The van der Waals surface area contributed by atoms with Gasteiger partial charge in [-0.15, -0.1) is 0 Å². The SMILES string of the molecule is CN(Cc1cc(F)cc(F)c1)C1CCC2(CC1)OCCO2. The summed E-state index contributed by atoms with van der Waals surface area (Å²) < 4.78 is 37.9. The predicted octanol–water partition coefficient (Wildman–Crippen LogP) is 3.08. The molecule has 1 aliphatic carbocycles. The van der Waals surface area contributed by atoms with Crippen molar-refractivity contribution in [3.05, 3.63) is 35.4 Å². The van der Waals surface area contributed by atoms with E-state index in [0.717, 1.165) is 31.7 Å². The van der Waals surface area contributed by atoms with Gasteiger partial charge in [-0.2, -0.15) is 0 Å². The summed E-state index contributed by atoms with van der Waals surface area (Å²) in [5.74, 6) is -1.40. The standard InChI is InChI=1S/C16H21F2NO2/c1-19(11-12-8-13(17)10-14(18)9-12)15-2-4-16(5-3-15)20-6-7-21-16/h8-10,15H,2-7,11H2,1H3. The van der Waals surface area contributed by atoms with Crippen molar-refractivity contribution in [3.63, 3.8) is 0 Å². The molecule has 2 fully saturated rings. The number of hydrogen-bond donors (Lipinski definition) is 0. The van der Waals surface area contributed by atoms with Crippen molar-refractivity contribution in [3.8, 4) is 0 Å². The summed E-state index contributed by atoms with van der Waals surface area (Å²) in [5, 5.41) is 0. The molecule has 0 N–H and O–H groups in total.